The van der Waals surface area contributed by atoms with E-state index in [1.165, 1.54) is 10.9 Å². The second kappa shape index (κ2) is 4.62. The van der Waals surface area contributed by atoms with Gasteiger partial charge in [0.1, 0.15) is 5.76 Å². The maximum Gasteiger partial charge on any atom is 0.280 e. The summed E-state index contributed by atoms with van der Waals surface area (Å²) in [7, 11) is -2.11. The Kier molecular flexibility index (Phi) is 3.04. The molecule has 2 aromatic heterocycles. The molecule has 0 aromatic carbocycles. The van der Waals surface area contributed by atoms with E-state index in [1.807, 2.05) is 0 Å². The van der Waals surface area contributed by atoms with Gasteiger partial charge in [-0.3, -0.25) is 9.40 Å². The van der Waals surface area contributed by atoms with Gasteiger partial charge in [-0.25, -0.2) is 0 Å². The maximum absolute atomic E-state index is 12.4. The third-order valence-corrected chi connectivity index (χ3v) is 5.05. The van der Waals surface area contributed by atoms with Crippen LogP contribution in [0.15, 0.2) is 15.7 Å². The average Bonchev–Trinajstić information content (AvgIpc) is 2.94. The van der Waals surface area contributed by atoms with E-state index < -0.39 is 10.0 Å². The van der Waals surface area contributed by atoms with Crippen molar-refractivity contribution in [2.24, 2.45) is 7.05 Å². The van der Waals surface area contributed by atoms with E-state index in [9.17, 15) is 8.42 Å². The minimum Gasteiger partial charge on any atom is -0.359 e. The highest BCUT2D eigenvalue weighted by atomic mass is 32.2. The molecule has 0 unspecified atom stereocenters. The van der Waals surface area contributed by atoms with Crippen molar-refractivity contribution in [2.75, 3.05) is 4.72 Å². The van der Waals surface area contributed by atoms with Gasteiger partial charge in [0.2, 0.25) is 0 Å². The van der Waals surface area contributed by atoms with Crippen LogP contribution < -0.4 is 4.72 Å². The third-order valence-electron chi connectivity index (χ3n) is 3.49. The molecule has 108 valence electrons. The summed E-state index contributed by atoms with van der Waals surface area (Å²) < 4.78 is 33.9. The molecule has 0 radical (unpaired) electrons. The smallest absolute Gasteiger partial charge is 0.280 e. The SMILES string of the molecule is Cc1cnn(C)c1S(=O)(=O)Nc1noc2c1CCCC2. The lowest BCUT2D eigenvalue weighted by molar-refractivity contribution is 0.374. The Morgan fingerprint density at radius 1 is 1.35 bits per heavy atom. The van der Waals surface area contributed by atoms with E-state index in [-0.39, 0.29) is 5.03 Å². The van der Waals surface area contributed by atoms with E-state index >= 15 is 0 Å². The summed E-state index contributed by atoms with van der Waals surface area (Å²) in [5.74, 6) is 1.09. The van der Waals surface area contributed by atoms with E-state index in [2.05, 4.69) is 15.0 Å². The second-order valence-corrected chi connectivity index (χ2v) is 6.60. The van der Waals surface area contributed by atoms with Crippen molar-refractivity contribution < 1.29 is 12.9 Å². The summed E-state index contributed by atoms with van der Waals surface area (Å²) >= 11 is 0. The van der Waals surface area contributed by atoms with Crippen LogP contribution in [0.4, 0.5) is 5.82 Å². The first-order valence-corrected chi connectivity index (χ1v) is 7.96. The number of nitrogens with zero attached hydrogens (tertiary/aromatic N) is 3. The van der Waals surface area contributed by atoms with Crippen molar-refractivity contribution in [2.45, 2.75) is 37.6 Å². The molecule has 1 aliphatic carbocycles. The van der Waals surface area contributed by atoms with Gasteiger partial charge in [0.25, 0.3) is 10.0 Å². The van der Waals surface area contributed by atoms with Crippen LogP contribution in [-0.2, 0) is 29.9 Å². The molecule has 7 nitrogen and oxygen atoms in total. The van der Waals surface area contributed by atoms with Gasteiger partial charge in [-0.15, -0.1) is 0 Å². The molecular weight excluding hydrogens is 280 g/mol. The fraction of sp³-hybridized carbons (Fsp3) is 0.500. The molecule has 2 aromatic rings. The zero-order chi connectivity index (χ0) is 14.3. The molecule has 0 bridgehead atoms. The monoisotopic (exact) mass is 296 g/mol. The maximum atomic E-state index is 12.4. The van der Waals surface area contributed by atoms with Gasteiger partial charge in [0.05, 0.1) is 6.20 Å². The zero-order valence-corrected chi connectivity index (χ0v) is 12.2. The first-order valence-electron chi connectivity index (χ1n) is 6.48. The molecular formula is C12H16N4O3S. The summed E-state index contributed by atoms with van der Waals surface area (Å²) in [5.41, 5.74) is 1.47. The molecule has 1 N–H and O–H groups in total. The number of aromatic nitrogens is 3. The molecule has 0 amide bonds. The predicted molar refractivity (Wildman–Crippen MR) is 71.9 cm³/mol. The molecule has 0 atom stereocenters. The van der Waals surface area contributed by atoms with Crippen molar-refractivity contribution >= 4 is 15.8 Å². The zero-order valence-electron chi connectivity index (χ0n) is 11.4. The largest absolute Gasteiger partial charge is 0.359 e. The first kappa shape index (κ1) is 13.2. The highest BCUT2D eigenvalue weighted by Crippen LogP contribution is 2.29. The summed E-state index contributed by atoms with van der Waals surface area (Å²) in [6, 6.07) is 0. The summed E-state index contributed by atoms with van der Waals surface area (Å²) in [6.45, 7) is 1.71. The molecule has 1 aliphatic rings. The van der Waals surface area contributed by atoms with Crippen LogP contribution in [0, 0.1) is 6.92 Å². The van der Waals surface area contributed by atoms with Crippen molar-refractivity contribution in [1.29, 1.82) is 0 Å². The normalized spacial score (nSPS) is 15.1. The van der Waals surface area contributed by atoms with Gasteiger partial charge < -0.3 is 4.52 Å². The molecule has 0 fully saturated rings. The molecule has 0 saturated heterocycles. The van der Waals surface area contributed by atoms with Crippen molar-refractivity contribution in [1.82, 2.24) is 14.9 Å². The number of hydrogen-bond acceptors (Lipinski definition) is 5. The van der Waals surface area contributed by atoms with E-state index in [0.29, 0.717) is 11.4 Å². The van der Waals surface area contributed by atoms with Crippen LogP contribution in [0.2, 0.25) is 0 Å². The second-order valence-electron chi connectivity index (χ2n) is 5.00. The first-order chi connectivity index (χ1) is 9.49. The molecule has 3 rings (SSSR count). The van der Waals surface area contributed by atoms with Gasteiger partial charge in [-0.2, -0.15) is 13.5 Å². The number of aryl methyl sites for hydroxylation is 3. The minimum atomic E-state index is -3.71. The van der Waals surface area contributed by atoms with Gasteiger partial charge in [0, 0.05) is 24.6 Å². The molecule has 0 spiro atoms. The van der Waals surface area contributed by atoms with Crippen LogP contribution in [0.3, 0.4) is 0 Å². The topological polar surface area (TPSA) is 90.0 Å². The average molecular weight is 296 g/mol. The highest BCUT2D eigenvalue weighted by molar-refractivity contribution is 7.92. The van der Waals surface area contributed by atoms with Crippen molar-refractivity contribution in [3.63, 3.8) is 0 Å². The summed E-state index contributed by atoms with van der Waals surface area (Å²) in [5, 5.41) is 7.95. The van der Waals surface area contributed by atoms with Crippen LogP contribution in [0.5, 0.6) is 0 Å². The predicted octanol–water partition coefficient (Wildman–Crippen LogP) is 1.40. The quantitative estimate of drug-likeness (QED) is 0.924. The lowest BCUT2D eigenvalue weighted by atomic mass is 9.98. The van der Waals surface area contributed by atoms with E-state index in [4.69, 9.17) is 4.52 Å². The Morgan fingerprint density at radius 3 is 2.80 bits per heavy atom. The Hall–Kier alpha value is -1.83. The Labute approximate surface area is 117 Å². The fourth-order valence-corrected chi connectivity index (χ4v) is 3.95. The number of hydrogen-bond donors (Lipinski definition) is 1. The number of nitrogens with one attached hydrogen (secondary N) is 1. The number of fused-ring (bicyclic) bond motifs is 1. The highest BCUT2D eigenvalue weighted by Gasteiger charge is 2.26. The number of anilines is 1. The Bertz CT molecular complexity index is 725. The van der Waals surface area contributed by atoms with Crippen LogP contribution in [-0.4, -0.2) is 23.4 Å². The molecule has 8 heteroatoms. The van der Waals surface area contributed by atoms with Crippen molar-refractivity contribution in [3.05, 3.63) is 23.1 Å². The Morgan fingerprint density at radius 2 is 2.10 bits per heavy atom. The molecule has 20 heavy (non-hydrogen) atoms. The van der Waals surface area contributed by atoms with Crippen molar-refractivity contribution in [3.8, 4) is 0 Å². The minimum absolute atomic E-state index is 0.144. The lowest BCUT2D eigenvalue weighted by Crippen LogP contribution is -2.19. The van der Waals surface area contributed by atoms with Gasteiger partial charge >= 0.3 is 0 Å². The molecule has 0 aliphatic heterocycles. The van der Waals surface area contributed by atoms with Crippen LogP contribution >= 0.6 is 0 Å². The molecule has 0 saturated carbocycles. The van der Waals surface area contributed by atoms with Gasteiger partial charge in [-0.1, -0.05) is 5.16 Å². The van der Waals surface area contributed by atoms with Gasteiger partial charge in [0.15, 0.2) is 10.8 Å². The van der Waals surface area contributed by atoms with Crippen LogP contribution in [0.1, 0.15) is 29.7 Å². The number of rotatable bonds is 3. The fourth-order valence-electron chi connectivity index (χ4n) is 2.56. The molecule has 2 heterocycles. The van der Waals surface area contributed by atoms with Gasteiger partial charge in [-0.05, 0) is 26.2 Å². The van der Waals surface area contributed by atoms with E-state index in [0.717, 1.165) is 37.0 Å². The summed E-state index contributed by atoms with van der Waals surface area (Å²) in [4.78, 5) is 0. The third kappa shape index (κ3) is 2.09. The van der Waals surface area contributed by atoms with Crippen LogP contribution in [0.25, 0.3) is 0 Å². The lowest BCUT2D eigenvalue weighted by Gasteiger charge is -2.11. The Balaban J connectivity index is 1.97. The standard InChI is InChI=1S/C12H16N4O3S/c1-8-7-13-16(2)12(8)20(17,18)15-11-9-5-3-4-6-10(9)19-14-11/h7H,3-6H2,1-2H3,(H,14,15). The summed E-state index contributed by atoms with van der Waals surface area (Å²) in [6.07, 6.45) is 5.20. The van der Waals surface area contributed by atoms with E-state index in [1.54, 1.807) is 14.0 Å². The number of sulfonamides is 1.